The van der Waals surface area contributed by atoms with Crippen LogP contribution in [-0.2, 0) is 27.9 Å². The summed E-state index contributed by atoms with van der Waals surface area (Å²) in [5.41, 5.74) is 0. The van der Waals surface area contributed by atoms with Gasteiger partial charge in [0.25, 0.3) is 0 Å². The van der Waals surface area contributed by atoms with Crippen LogP contribution in [0, 0.1) is 0 Å². The van der Waals surface area contributed by atoms with Gasteiger partial charge in [0.1, 0.15) is 42.7 Å². The summed E-state index contributed by atoms with van der Waals surface area (Å²) in [7, 11) is -5.01. The smallest absolute Gasteiger partial charge is 0.457 e. The molecule has 1 saturated carbocycles. The Morgan fingerprint density at radius 1 is 0.635 bits per heavy atom. The fraction of sp³-hybridized carbons (Fsp3) is 0.821. The lowest BCUT2D eigenvalue weighted by atomic mass is 9.85. The predicted molar refractivity (Wildman–Crippen MR) is 202 cm³/mol. The third kappa shape index (κ3) is 23.4. The SMILES string of the molecule is CC/C=C\C/C=C\C/C=C\CCCCCCCCOCC(COP(=O)(O)OC1C(O)C(O)C(O)C(O)C1O)OC(=O)CCCCCCCCCCC. The minimum Gasteiger partial charge on any atom is -0.457 e. The van der Waals surface area contributed by atoms with Gasteiger partial charge in [-0.2, -0.15) is 0 Å². The molecule has 52 heavy (non-hydrogen) atoms. The monoisotopic (exact) mass is 762 g/mol. The molecule has 0 radical (unpaired) electrons. The summed E-state index contributed by atoms with van der Waals surface area (Å²) in [4.78, 5) is 22.9. The molecule has 13 heteroatoms. The van der Waals surface area contributed by atoms with Gasteiger partial charge < -0.3 is 39.9 Å². The molecule has 1 aliphatic rings. The van der Waals surface area contributed by atoms with Crippen molar-refractivity contribution in [2.75, 3.05) is 19.8 Å². The second-order valence-corrected chi connectivity index (χ2v) is 15.2. The largest absolute Gasteiger partial charge is 0.472 e. The Hall–Kier alpha value is -1.44. The number of carbonyl (C=O) groups excluding carboxylic acids is 1. The van der Waals surface area contributed by atoms with E-state index in [0.29, 0.717) is 13.0 Å². The van der Waals surface area contributed by atoms with E-state index in [1.807, 2.05) is 0 Å². The van der Waals surface area contributed by atoms with Crippen LogP contribution in [0.15, 0.2) is 36.5 Å². The summed E-state index contributed by atoms with van der Waals surface area (Å²) < 4.78 is 33.9. The normalized spacial score (nSPS) is 24.2. The van der Waals surface area contributed by atoms with E-state index in [4.69, 9.17) is 18.5 Å². The van der Waals surface area contributed by atoms with Crippen LogP contribution in [-0.4, -0.2) is 98.9 Å². The van der Waals surface area contributed by atoms with E-state index < -0.39 is 63.1 Å². The van der Waals surface area contributed by atoms with Gasteiger partial charge in [-0.25, -0.2) is 4.57 Å². The molecule has 1 fully saturated rings. The molecule has 0 amide bonds. The zero-order chi connectivity index (χ0) is 38.5. The number of phosphoric ester groups is 1. The maximum Gasteiger partial charge on any atom is 0.472 e. The molecule has 0 saturated heterocycles. The van der Waals surface area contributed by atoms with Gasteiger partial charge in [-0.05, 0) is 44.9 Å². The number of aliphatic hydroxyl groups is 5. The fourth-order valence-electron chi connectivity index (χ4n) is 5.84. The number of ether oxygens (including phenoxy) is 2. The van der Waals surface area contributed by atoms with Gasteiger partial charge in [0.15, 0.2) is 0 Å². The standard InChI is InChI=1S/C39H71O12P/c1-3-5-7-9-11-13-14-15-16-17-18-19-21-23-25-27-29-48-30-32(50-33(40)28-26-24-22-20-12-10-8-6-4-2)31-49-52(46,47)51-39-37(44)35(42)34(41)36(43)38(39)45/h5,7,11,13,15-16,32,34-39,41-45H,3-4,6,8-10,12,14,17-31H2,1-2H3,(H,46,47)/b7-5-,13-11-,16-15-. The lowest BCUT2D eigenvalue weighted by molar-refractivity contribution is -0.220. The Morgan fingerprint density at radius 3 is 1.73 bits per heavy atom. The van der Waals surface area contributed by atoms with E-state index in [-0.39, 0.29) is 13.0 Å². The van der Waals surface area contributed by atoms with Crippen LogP contribution in [0.25, 0.3) is 0 Å². The maximum absolute atomic E-state index is 12.7. The molecule has 0 spiro atoms. The minimum atomic E-state index is -5.01. The van der Waals surface area contributed by atoms with Gasteiger partial charge >= 0.3 is 13.8 Å². The fourth-order valence-corrected chi connectivity index (χ4v) is 6.81. The van der Waals surface area contributed by atoms with Gasteiger partial charge in [0.2, 0.25) is 0 Å². The minimum absolute atomic E-state index is 0.0846. The molecular formula is C39H71O12P. The molecule has 0 bridgehead atoms. The van der Waals surface area contributed by atoms with Crippen LogP contribution in [0.3, 0.4) is 0 Å². The van der Waals surface area contributed by atoms with Gasteiger partial charge in [-0.3, -0.25) is 13.8 Å². The number of carbonyl (C=O) groups is 1. The van der Waals surface area contributed by atoms with Crippen molar-refractivity contribution in [3.8, 4) is 0 Å². The van der Waals surface area contributed by atoms with Crippen LogP contribution < -0.4 is 0 Å². The molecule has 0 aromatic rings. The van der Waals surface area contributed by atoms with Crippen LogP contribution in [0.1, 0.15) is 142 Å². The molecule has 1 rings (SSSR count). The molecule has 6 N–H and O–H groups in total. The Morgan fingerprint density at radius 2 is 1.13 bits per heavy atom. The first-order valence-electron chi connectivity index (χ1n) is 19.8. The van der Waals surface area contributed by atoms with Crippen molar-refractivity contribution in [3.63, 3.8) is 0 Å². The van der Waals surface area contributed by atoms with Crippen molar-refractivity contribution in [1.82, 2.24) is 0 Å². The highest BCUT2D eigenvalue weighted by Crippen LogP contribution is 2.47. The first kappa shape index (κ1) is 48.6. The molecule has 6 unspecified atom stereocenters. The van der Waals surface area contributed by atoms with Crippen LogP contribution in [0.5, 0.6) is 0 Å². The van der Waals surface area contributed by atoms with E-state index in [0.717, 1.165) is 83.5 Å². The average molecular weight is 763 g/mol. The summed E-state index contributed by atoms with van der Waals surface area (Å²) in [5, 5.41) is 49.9. The lowest BCUT2D eigenvalue weighted by Gasteiger charge is -2.41. The number of hydrogen-bond donors (Lipinski definition) is 6. The summed E-state index contributed by atoms with van der Waals surface area (Å²) in [6.07, 6.45) is 20.9. The zero-order valence-corrected chi connectivity index (χ0v) is 32.7. The third-order valence-corrected chi connectivity index (χ3v) is 10.0. The van der Waals surface area contributed by atoms with Crippen molar-refractivity contribution in [1.29, 1.82) is 0 Å². The highest BCUT2D eigenvalue weighted by atomic mass is 31.2. The maximum atomic E-state index is 12.7. The Kier molecular flexibility index (Phi) is 28.8. The first-order valence-corrected chi connectivity index (χ1v) is 21.3. The predicted octanol–water partition coefficient (Wildman–Crippen LogP) is 6.75. The number of esters is 1. The van der Waals surface area contributed by atoms with Crippen molar-refractivity contribution in [2.24, 2.45) is 0 Å². The zero-order valence-electron chi connectivity index (χ0n) is 31.8. The molecule has 0 aliphatic heterocycles. The molecule has 0 aromatic heterocycles. The topological polar surface area (TPSA) is 192 Å². The summed E-state index contributed by atoms with van der Waals surface area (Å²) in [6.45, 7) is 4.06. The van der Waals surface area contributed by atoms with E-state index in [1.54, 1.807) is 0 Å². The summed E-state index contributed by atoms with van der Waals surface area (Å²) >= 11 is 0. The van der Waals surface area contributed by atoms with Crippen molar-refractivity contribution < 1.29 is 58.3 Å². The summed E-state index contributed by atoms with van der Waals surface area (Å²) in [5.74, 6) is -0.488. The van der Waals surface area contributed by atoms with E-state index in [1.165, 1.54) is 32.1 Å². The average Bonchev–Trinajstić information content (AvgIpc) is 3.12. The van der Waals surface area contributed by atoms with Crippen LogP contribution in [0.4, 0.5) is 0 Å². The van der Waals surface area contributed by atoms with Gasteiger partial charge in [0.05, 0.1) is 13.2 Å². The highest BCUT2D eigenvalue weighted by Gasteiger charge is 2.51. The van der Waals surface area contributed by atoms with E-state index in [9.17, 15) is 39.8 Å². The van der Waals surface area contributed by atoms with E-state index >= 15 is 0 Å². The molecule has 0 aromatic carbocycles. The number of hydrogen-bond acceptors (Lipinski definition) is 11. The highest BCUT2D eigenvalue weighted by molar-refractivity contribution is 7.47. The van der Waals surface area contributed by atoms with Gasteiger partial charge in [-0.1, -0.05) is 127 Å². The Labute approximate surface area is 312 Å². The molecular weight excluding hydrogens is 691 g/mol. The number of aliphatic hydroxyl groups excluding tert-OH is 5. The van der Waals surface area contributed by atoms with Crippen molar-refractivity contribution in [3.05, 3.63) is 36.5 Å². The van der Waals surface area contributed by atoms with Crippen molar-refractivity contribution in [2.45, 2.75) is 185 Å². The van der Waals surface area contributed by atoms with Gasteiger partial charge in [0, 0.05) is 13.0 Å². The quantitative estimate of drug-likeness (QED) is 0.0183. The van der Waals surface area contributed by atoms with Crippen molar-refractivity contribution >= 4 is 13.8 Å². The van der Waals surface area contributed by atoms with E-state index in [2.05, 4.69) is 50.3 Å². The number of allylic oxidation sites excluding steroid dienone is 6. The lowest BCUT2D eigenvalue weighted by Crippen LogP contribution is -2.64. The molecule has 0 heterocycles. The molecule has 304 valence electrons. The molecule has 12 nitrogen and oxygen atoms in total. The van der Waals surface area contributed by atoms with Crippen LogP contribution >= 0.6 is 7.82 Å². The molecule has 6 atom stereocenters. The Balaban J connectivity index is 2.45. The second kappa shape index (κ2) is 30.8. The van der Waals surface area contributed by atoms with Gasteiger partial charge in [-0.15, -0.1) is 0 Å². The third-order valence-electron chi connectivity index (χ3n) is 9.03. The summed E-state index contributed by atoms with van der Waals surface area (Å²) in [6, 6.07) is 0. The second-order valence-electron chi connectivity index (χ2n) is 13.8. The number of unbranched alkanes of at least 4 members (excludes halogenated alkanes) is 14. The Bertz CT molecular complexity index is 1010. The first-order chi connectivity index (χ1) is 25.0. The number of phosphoric acid groups is 1. The molecule has 1 aliphatic carbocycles. The van der Waals surface area contributed by atoms with Crippen LogP contribution in [0.2, 0.25) is 0 Å². The number of rotatable bonds is 32.